The van der Waals surface area contributed by atoms with E-state index in [1.807, 2.05) is 0 Å². The molecule has 0 spiro atoms. The van der Waals surface area contributed by atoms with Gasteiger partial charge >= 0.3 is 35.8 Å². The number of rotatable bonds is 15. The van der Waals surface area contributed by atoms with E-state index in [1.54, 1.807) is 7.05 Å². The van der Waals surface area contributed by atoms with Crippen LogP contribution >= 0.6 is 23.5 Å². The van der Waals surface area contributed by atoms with Crippen LogP contribution in [0.15, 0.2) is 16.4 Å². The lowest BCUT2D eigenvalue weighted by atomic mass is 9.99. The number of aryl methyl sites for hydroxylation is 1. The topological polar surface area (TPSA) is 262 Å². The fourth-order valence-electron chi connectivity index (χ4n) is 4.62. The number of aromatic nitrogens is 4. The van der Waals surface area contributed by atoms with E-state index in [1.165, 1.54) is 4.68 Å². The molecule has 262 valence electrons. The number of hydrogen-bond donors (Lipinski definition) is 2. The Morgan fingerprint density at radius 2 is 1.54 bits per heavy atom. The Labute approximate surface area is 280 Å². The quantitative estimate of drug-likeness (QED) is 0.0889. The molecule has 0 radical (unpaired) electrons. The van der Waals surface area contributed by atoms with Crippen molar-refractivity contribution in [2.75, 3.05) is 18.1 Å². The standard InChI is InChI=1S/C26H32N6O14S2/c1-10(33)42-7-16(43-11(2)34)19(44-12(3)35)20(45-13(4)36)21(46-14(5)37)22(38)27-17-23(39)32-18(25(40)41)15(8-47-24(17)32)9-48-26-28-29-30-31(26)6/h16-17,19-21,24H,7-9H2,1-6H3,(H,27,38)(H,40,41). The summed E-state index contributed by atoms with van der Waals surface area (Å²) in [6.45, 7) is 4.08. The van der Waals surface area contributed by atoms with Gasteiger partial charge in [-0.1, -0.05) is 11.8 Å². The van der Waals surface area contributed by atoms with E-state index in [2.05, 4.69) is 20.8 Å². The maximum atomic E-state index is 13.7. The van der Waals surface area contributed by atoms with Crippen LogP contribution in [0, 0.1) is 0 Å². The minimum Gasteiger partial charge on any atom is -0.477 e. The van der Waals surface area contributed by atoms with Gasteiger partial charge in [0.05, 0.1) is 0 Å². The van der Waals surface area contributed by atoms with E-state index in [9.17, 15) is 43.5 Å². The van der Waals surface area contributed by atoms with Crippen molar-refractivity contribution in [1.29, 1.82) is 0 Å². The van der Waals surface area contributed by atoms with Crippen LogP contribution in [0.3, 0.4) is 0 Å². The maximum Gasteiger partial charge on any atom is 0.352 e. The van der Waals surface area contributed by atoms with Gasteiger partial charge in [0, 0.05) is 53.2 Å². The number of aliphatic carboxylic acids is 1. The van der Waals surface area contributed by atoms with Gasteiger partial charge in [0.2, 0.25) is 11.3 Å². The molecular weight excluding hydrogens is 684 g/mol. The molecule has 0 bridgehead atoms. The Bertz CT molecular complexity index is 1510. The van der Waals surface area contributed by atoms with Crippen molar-refractivity contribution >= 4 is 71.2 Å². The molecule has 1 aromatic heterocycles. The number of β-lactam (4-membered cyclic amide) rings is 1. The highest BCUT2D eigenvalue weighted by Gasteiger charge is 2.56. The molecule has 6 atom stereocenters. The monoisotopic (exact) mass is 716 g/mol. The van der Waals surface area contributed by atoms with Gasteiger partial charge < -0.3 is 34.1 Å². The van der Waals surface area contributed by atoms with Crippen LogP contribution in [0.1, 0.15) is 34.6 Å². The zero-order valence-corrected chi connectivity index (χ0v) is 28.0. The number of carboxylic acids is 1. The number of carbonyl (C=O) groups excluding carboxylic acids is 7. The molecule has 0 aromatic carbocycles. The average molecular weight is 717 g/mol. The second-order valence-electron chi connectivity index (χ2n) is 10.2. The van der Waals surface area contributed by atoms with Gasteiger partial charge in [-0.15, -0.1) is 16.9 Å². The largest absolute Gasteiger partial charge is 0.477 e. The van der Waals surface area contributed by atoms with Gasteiger partial charge in [-0.25, -0.2) is 9.48 Å². The summed E-state index contributed by atoms with van der Waals surface area (Å²) in [4.78, 5) is 100. The van der Waals surface area contributed by atoms with E-state index in [0.29, 0.717) is 10.7 Å². The fraction of sp³-hybridized carbons (Fsp3) is 0.577. The van der Waals surface area contributed by atoms with Crippen molar-refractivity contribution < 1.29 is 67.1 Å². The van der Waals surface area contributed by atoms with Crippen molar-refractivity contribution in [3.63, 3.8) is 0 Å². The average Bonchev–Trinajstić information content (AvgIpc) is 3.40. The Hall–Kier alpha value is -4.73. The second kappa shape index (κ2) is 16.4. The van der Waals surface area contributed by atoms with Gasteiger partial charge in [-0.05, 0) is 16.0 Å². The molecule has 48 heavy (non-hydrogen) atoms. The Morgan fingerprint density at radius 1 is 0.938 bits per heavy atom. The molecule has 22 heteroatoms. The van der Waals surface area contributed by atoms with Crippen LogP contribution in [-0.4, -0.2) is 132 Å². The van der Waals surface area contributed by atoms with Crippen LogP contribution in [-0.2, 0) is 69.1 Å². The first-order chi connectivity index (χ1) is 22.5. The number of carbonyl (C=O) groups is 8. The first-order valence-electron chi connectivity index (χ1n) is 13.9. The van der Waals surface area contributed by atoms with Gasteiger partial charge in [-0.3, -0.25) is 38.5 Å². The molecule has 0 aliphatic carbocycles. The third-order valence-electron chi connectivity index (χ3n) is 6.42. The van der Waals surface area contributed by atoms with Gasteiger partial charge in [0.25, 0.3) is 11.8 Å². The number of thioether (sulfide) groups is 2. The Balaban J connectivity index is 1.92. The van der Waals surface area contributed by atoms with Crippen molar-refractivity contribution in [3.8, 4) is 0 Å². The molecule has 2 aliphatic rings. The van der Waals surface area contributed by atoms with E-state index in [4.69, 9.17) is 23.7 Å². The lowest BCUT2D eigenvalue weighted by Gasteiger charge is -2.49. The van der Waals surface area contributed by atoms with Crippen LogP contribution < -0.4 is 5.32 Å². The zero-order valence-electron chi connectivity index (χ0n) is 26.4. The summed E-state index contributed by atoms with van der Waals surface area (Å²) in [5.74, 6) is -8.01. The normalized spacial score (nSPS) is 19.4. The maximum absolute atomic E-state index is 13.7. The third kappa shape index (κ3) is 9.42. The molecule has 1 aromatic rings. The summed E-state index contributed by atoms with van der Waals surface area (Å²) in [5.41, 5.74) is 0.118. The number of carboxylic acid groups (broad SMARTS) is 1. The molecule has 0 saturated carbocycles. The second-order valence-corrected chi connectivity index (χ2v) is 12.2. The van der Waals surface area contributed by atoms with Crippen molar-refractivity contribution in [1.82, 2.24) is 30.4 Å². The SMILES string of the molecule is CC(=O)OCC(OC(C)=O)C(OC(C)=O)C(OC(C)=O)C(OC(C)=O)C(=O)NC1C(=O)N2C(C(=O)O)=C(CSc3nnnn3C)CSC12. The van der Waals surface area contributed by atoms with E-state index in [-0.39, 0.29) is 17.2 Å². The molecule has 3 heterocycles. The van der Waals surface area contributed by atoms with Crippen LogP contribution in [0.5, 0.6) is 0 Å². The number of amides is 2. The summed E-state index contributed by atoms with van der Waals surface area (Å²) < 4.78 is 27.2. The molecule has 2 N–H and O–H groups in total. The highest BCUT2D eigenvalue weighted by Crippen LogP contribution is 2.41. The molecule has 20 nitrogen and oxygen atoms in total. The number of nitrogens with one attached hydrogen (secondary N) is 1. The zero-order chi connectivity index (χ0) is 35.9. The van der Waals surface area contributed by atoms with Crippen molar-refractivity contribution in [3.05, 3.63) is 11.3 Å². The Morgan fingerprint density at radius 3 is 2.06 bits per heavy atom. The summed E-state index contributed by atoms with van der Waals surface area (Å²) in [6, 6.07) is -1.33. The lowest BCUT2D eigenvalue weighted by molar-refractivity contribution is -0.203. The smallest absolute Gasteiger partial charge is 0.352 e. The molecule has 2 amide bonds. The molecule has 3 rings (SSSR count). The minimum atomic E-state index is -2.12. The third-order valence-corrected chi connectivity index (χ3v) is 8.85. The highest BCUT2D eigenvalue weighted by molar-refractivity contribution is 8.01. The summed E-state index contributed by atoms with van der Waals surface area (Å²) >= 11 is 2.30. The molecule has 6 unspecified atom stereocenters. The molecule has 2 aliphatic heterocycles. The lowest BCUT2D eigenvalue weighted by Crippen LogP contribution is -2.72. The summed E-state index contributed by atoms with van der Waals surface area (Å²) in [6.07, 6.45) is -7.68. The number of esters is 5. The predicted octanol–water partition coefficient (Wildman–Crippen LogP) is -1.67. The number of fused-ring (bicyclic) bond motifs is 1. The van der Waals surface area contributed by atoms with Crippen molar-refractivity contribution in [2.24, 2.45) is 7.05 Å². The van der Waals surface area contributed by atoms with E-state index in [0.717, 1.165) is 63.0 Å². The minimum absolute atomic E-state index is 0.142. The molecule has 1 saturated heterocycles. The first-order valence-corrected chi connectivity index (χ1v) is 15.9. The Kier molecular flexibility index (Phi) is 12.9. The predicted molar refractivity (Wildman–Crippen MR) is 158 cm³/mol. The number of tetrazole rings is 1. The van der Waals surface area contributed by atoms with Crippen molar-refractivity contribution in [2.45, 2.75) is 75.6 Å². The van der Waals surface area contributed by atoms with Gasteiger partial charge in [-0.2, -0.15) is 0 Å². The van der Waals surface area contributed by atoms with Gasteiger partial charge in [0.1, 0.15) is 23.7 Å². The van der Waals surface area contributed by atoms with Crippen LogP contribution in [0.25, 0.3) is 0 Å². The molecular formula is C26H32N6O14S2. The van der Waals surface area contributed by atoms with E-state index < -0.39 is 90.1 Å². The fourth-order valence-corrected chi connectivity index (χ4v) is 6.96. The number of nitrogens with zero attached hydrogens (tertiary/aromatic N) is 5. The summed E-state index contributed by atoms with van der Waals surface area (Å²) in [7, 11) is 1.60. The number of ether oxygens (including phenoxy) is 5. The van der Waals surface area contributed by atoms with Crippen LogP contribution in [0.2, 0.25) is 0 Å². The molecule has 1 fully saturated rings. The first kappa shape index (κ1) is 37.7. The summed E-state index contributed by atoms with van der Waals surface area (Å²) in [5, 5.41) is 23.0. The van der Waals surface area contributed by atoms with Gasteiger partial charge in [0.15, 0.2) is 18.3 Å². The highest BCUT2D eigenvalue weighted by atomic mass is 32.2. The van der Waals surface area contributed by atoms with Crippen LogP contribution in [0.4, 0.5) is 0 Å². The number of hydrogen-bond acceptors (Lipinski definition) is 18. The van der Waals surface area contributed by atoms with E-state index >= 15 is 0 Å².